The third-order valence-electron chi connectivity index (χ3n) is 10.7. The number of aryl methyl sites for hydroxylation is 2. The number of hydrogen-bond acceptors (Lipinski definition) is 7. The highest BCUT2D eigenvalue weighted by molar-refractivity contribution is 5.99. The molecule has 9 nitrogen and oxygen atoms in total. The molecule has 8 rings (SSSR count). The van der Waals surface area contributed by atoms with Crippen LogP contribution in [0.1, 0.15) is 104 Å². The summed E-state index contributed by atoms with van der Waals surface area (Å²) in [4.78, 5) is 42.9. The van der Waals surface area contributed by atoms with Crippen LogP contribution in [0.2, 0.25) is 0 Å². The molecule has 2 N–H and O–H groups in total. The number of allylic oxidation sites excluding steroid dienone is 2. The molecule has 4 aromatic heterocycles. The normalized spacial score (nSPS) is 15.8. The first kappa shape index (κ1) is 40.9. The van der Waals surface area contributed by atoms with Gasteiger partial charge in [0.05, 0.1) is 47.3 Å². The van der Waals surface area contributed by atoms with Gasteiger partial charge in [0, 0.05) is 29.7 Å². The topological polar surface area (TPSA) is 119 Å². The van der Waals surface area contributed by atoms with E-state index in [1.807, 2.05) is 25.1 Å². The highest BCUT2D eigenvalue weighted by Crippen LogP contribution is 2.38. The maximum Gasteiger partial charge on any atom is 0.417 e. The first-order chi connectivity index (χ1) is 28.5. The molecular formula is C47H45F3N6O3. The summed E-state index contributed by atoms with van der Waals surface area (Å²) in [7, 11) is 0. The molecule has 0 radical (unpaired) electrons. The number of ether oxygens (including phenoxy) is 1. The number of hydrogen-bond donors (Lipinski definition) is 2. The second-order valence-electron chi connectivity index (χ2n) is 14.8. The fourth-order valence-electron chi connectivity index (χ4n) is 7.62. The van der Waals surface area contributed by atoms with Crippen LogP contribution in [-0.4, -0.2) is 45.0 Å². The van der Waals surface area contributed by atoms with Gasteiger partial charge in [-0.05, 0) is 123 Å². The molecule has 1 aliphatic heterocycles. The van der Waals surface area contributed by atoms with Crippen molar-refractivity contribution >= 4 is 39.5 Å². The zero-order valence-electron chi connectivity index (χ0n) is 33.1. The molecule has 2 aliphatic rings. The number of aromatic nitrogens is 4. The molecule has 12 heteroatoms. The van der Waals surface area contributed by atoms with E-state index < -0.39 is 17.6 Å². The summed E-state index contributed by atoms with van der Waals surface area (Å²) in [5, 5.41) is 7.47. The minimum Gasteiger partial charge on any atom is -0.377 e. The molecule has 59 heavy (non-hydrogen) atoms. The fraction of sp³-hybridized carbons (Fsp3) is 0.277. The van der Waals surface area contributed by atoms with Gasteiger partial charge < -0.3 is 15.4 Å². The lowest BCUT2D eigenvalue weighted by molar-refractivity contribution is -0.137. The van der Waals surface area contributed by atoms with Crippen LogP contribution in [-0.2, 0) is 17.5 Å². The Balaban J connectivity index is 0.000000180. The molecule has 6 aromatic rings. The van der Waals surface area contributed by atoms with Crippen molar-refractivity contribution in [3.05, 3.63) is 160 Å². The Bertz CT molecular complexity index is 2570. The van der Waals surface area contributed by atoms with Gasteiger partial charge in [0.2, 0.25) is 0 Å². The number of benzene rings is 2. The van der Waals surface area contributed by atoms with Gasteiger partial charge in [0.25, 0.3) is 11.8 Å². The van der Waals surface area contributed by atoms with Gasteiger partial charge in [-0.15, -0.1) is 0 Å². The van der Waals surface area contributed by atoms with Gasteiger partial charge in [0.15, 0.2) is 11.3 Å². The van der Waals surface area contributed by atoms with Crippen LogP contribution in [0.4, 0.5) is 13.2 Å². The number of fused-ring (bicyclic) bond motifs is 2. The Labute approximate surface area is 340 Å². The predicted octanol–water partition coefficient (Wildman–Crippen LogP) is 9.94. The van der Waals surface area contributed by atoms with E-state index in [2.05, 4.69) is 73.9 Å². The highest BCUT2D eigenvalue weighted by atomic mass is 19.4. The Kier molecular flexibility index (Phi) is 12.6. The van der Waals surface area contributed by atoms with Gasteiger partial charge >= 0.3 is 6.18 Å². The maximum absolute atomic E-state index is 13.7. The number of carbonyl (C=O) groups excluding carboxylic acids is 2. The van der Waals surface area contributed by atoms with Crippen LogP contribution >= 0.6 is 0 Å². The highest BCUT2D eigenvalue weighted by Gasteiger charge is 2.34. The van der Waals surface area contributed by atoms with Crippen LogP contribution in [0.25, 0.3) is 27.6 Å². The summed E-state index contributed by atoms with van der Waals surface area (Å²) in [6.07, 6.45) is 8.83. The quantitative estimate of drug-likeness (QED) is 0.147. The van der Waals surface area contributed by atoms with Crippen molar-refractivity contribution in [2.75, 3.05) is 13.2 Å². The SMILES string of the molecule is Cc1nc2ncccc2cc1C(=O)NCc1ccc(C2=CCOCC2)c(C(F)(F)F)c1.Cc1nc2ncccc2cc1C(=O)N[C@@H](C)c1ccccc1C1CC=CCC1. The summed E-state index contributed by atoms with van der Waals surface area (Å²) < 4.78 is 46.3. The van der Waals surface area contributed by atoms with Crippen molar-refractivity contribution in [1.82, 2.24) is 30.6 Å². The maximum atomic E-state index is 13.7. The van der Waals surface area contributed by atoms with Crippen LogP contribution in [0.3, 0.4) is 0 Å². The summed E-state index contributed by atoms with van der Waals surface area (Å²) in [6, 6.07) is 23.5. The Morgan fingerprint density at radius 1 is 0.847 bits per heavy atom. The smallest absolute Gasteiger partial charge is 0.377 e. The van der Waals surface area contributed by atoms with E-state index in [0.29, 0.717) is 75.9 Å². The third kappa shape index (κ3) is 9.72. The van der Waals surface area contributed by atoms with E-state index in [9.17, 15) is 22.8 Å². The molecule has 5 heterocycles. The van der Waals surface area contributed by atoms with Crippen LogP contribution in [0.5, 0.6) is 0 Å². The van der Waals surface area contributed by atoms with Crippen LogP contribution < -0.4 is 10.6 Å². The minimum atomic E-state index is -4.50. The molecule has 0 saturated carbocycles. The first-order valence-corrected chi connectivity index (χ1v) is 19.7. The van der Waals surface area contributed by atoms with E-state index in [4.69, 9.17) is 4.74 Å². The largest absolute Gasteiger partial charge is 0.417 e. The number of amides is 2. The predicted molar refractivity (Wildman–Crippen MR) is 223 cm³/mol. The second kappa shape index (κ2) is 18.1. The van der Waals surface area contributed by atoms with Crippen LogP contribution in [0, 0.1) is 13.8 Å². The Hall–Kier alpha value is -6.27. The number of nitrogens with one attached hydrogen (secondary N) is 2. The molecule has 302 valence electrons. The van der Waals surface area contributed by atoms with Crippen molar-refractivity contribution in [3.8, 4) is 0 Å². The molecule has 1 unspecified atom stereocenters. The average Bonchev–Trinajstić information content (AvgIpc) is 3.25. The lowest BCUT2D eigenvalue weighted by Gasteiger charge is -2.25. The lowest BCUT2D eigenvalue weighted by atomic mass is 9.83. The molecule has 1 aliphatic carbocycles. The van der Waals surface area contributed by atoms with E-state index in [-0.39, 0.29) is 24.1 Å². The van der Waals surface area contributed by atoms with Crippen molar-refractivity contribution < 1.29 is 27.5 Å². The van der Waals surface area contributed by atoms with Gasteiger partial charge in [-0.1, -0.05) is 54.6 Å². The van der Waals surface area contributed by atoms with E-state index >= 15 is 0 Å². The zero-order chi connectivity index (χ0) is 41.5. The fourth-order valence-corrected chi connectivity index (χ4v) is 7.62. The van der Waals surface area contributed by atoms with Gasteiger partial charge in [-0.3, -0.25) is 9.59 Å². The minimum absolute atomic E-state index is 0.0329. The summed E-state index contributed by atoms with van der Waals surface area (Å²) >= 11 is 0. The number of nitrogens with zero attached hydrogens (tertiary/aromatic N) is 4. The lowest BCUT2D eigenvalue weighted by Crippen LogP contribution is -2.28. The summed E-state index contributed by atoms with van der Waals surface area (Å²) in [5.41, 5.74) is 6.35. The molecule has 0 fully saturated rings. The Morgan fingerprint density at radius 3 is 2.15 bits per heavy atom. The molecular weight excluding hydrogens is 754 g/mol. The van der Waals surface area contributed by atoms with Gasteiger partial charge in [0.1, 0.15) is 0 Å². The monoisotopic (exact) mass is 798 g/mol. The van der Waals surface area contributed by atoms with E-state index in [1.54, 1.807) is 49.7 Å². The number of rotatable bonds is 8. The number of pyridine rings is 4. The van der Waals surface area contributed by atoms with Crippen molar-refractivity contribution in [2.24, 2.45) is 0 Å². The number of alkyl halides is 3. The van der Waals surface area contributed by atoms with Crippen molar-refractivity contribution in [3.63, 3.8) is 0 Å². The standard InChI is InChI=1S/C24H25N3O.C23H20F3N3O2/c1-16(20-12-6-7-13-21(20)18-9-4-3-5-10-18)27-24(28)22-15-19-11-8-14-25-23(19)26-17(22)2;1-14-19(12-17-3-2-8-27-21(17)29-14)22(30)28-13-15-4-5-18(16-6-9-31-10-7-16)20(11-15)23(24,25)26/h3-4,6-8,11-16,18H,5,9-10H2,1-2H3,(H,27,28);2-6,8,11-12H,7,9-10,13H2,1H3,(H,28,30)/t16-,18?;/m0./s1. The van der Waals surface area contributed by atoms with Crippen molar-refractivity contribution in [1.29, 1.82) is 0 Å². The molecule has 2 aromatic carbocycles. The molecule has 2 atom stereocenters. The zero-order valence-corrected chi connectivity index (χ0v) is 33.1. The molecule has 0 spiro atoms. The van der Waals surface area contributed by atoms with Gasteiger partial charge in [-0.2, -0.15) is 13.2 Å². The number of halogens is 3. The molecule has 0 bridgehead atoms. The summed E-state index contributed by atoms with van der Waals surface area (Å²) in [6.45, 7) is 6.28. The van der Waals surface area contributed by atoms with Crippen molar-refractivity contribution in [2.45, 2.75) is 71.1 Å². The van der Waals surface area contributed by atoms with Gasteiger partial charge in [-0.25, -0.2) is 19.9 Å². The summed E-state index contributed by atoms with van der Waals surface area (Å²) in [5.74, 6) is 0.0258. The van der Waals surface area contributed by atoms with Crippen LogP contribution in [0.15, 0.2) is 109 Å². The molecule has 2 amide bonds. The Morgan fingerprint density at radius 2 is 1.53 bits per heavy atom. The van der Waals surface area contributed by atoms with E-state index in [1.165, 1.54) is 17.2 Å². The third-order valence-corrected chi connectivity index (χ3v) is 10.7. The molecule has 0 saturated heterocycles. The first-order valence-electron chi connectivity index (χ1n) is 19.7. The second-order valence-corrected chi connectivity index (χ2v) is 14.8. The number of carbonyl (C=O) groups is 2. The van der Waals surface area contributed by atoms with E-state index in [0.717, 1.165) is 30.7 Å². The average molecular weight is 799 g/mol.